The number of halogens is 1. The fourth-order valence-electron chi connectivity index (χ4n) is 4.18. The minimum Gasteiger partial charge on any atom is -0.346 e. The summed E-state index contributed by atoms with van der Waals surface area (Å²) in [6.45, 7) is 2.13. The van der Waals surface area contributed by atoms with Gasteiger partial charge in [0.25, 0.3) is 5.91 Å². The van der Waals surface area contributed by atoms with E-state index in [-0.39, 0.29) is 18.5 Å². The standard InChI is InChI=1S/C26H27ClN2O3S/c1-18(22-14-13-20-5-3-6-23(20)15-22)28-26(30)21-11-9-19(10-12-21)17-29(33(2,31)32)25-8-4-7-24(27)16-25/h4,7-16,18H,3,5-6,17H2,1-2H3,(H,28,30)/t18-/m0/s1. The number of anilines is 1. The summed E-state index contributed by atoms with van der Waals surface area (Å²) in [6, 6.07) is 20.1. The van der Waals surface area contributed by atoms with Crippen LogP contribution in [0.3, 0.4) is 0 Å². The van der Waals surface area contributed by atoms with Gasteiger partial charge in [-0.1, -0.05) is 48.0 Å². The van der Waals surface area contributed by atoms with Gasteiger partial charge in [0.05, 0.1) is 24.5 Å². The van der Waals surface area contributed by atoms with Crippen molar-refractivity contribution in [2.45, 2.75) is 38.8 Å². The largest absolute Gasteiger partial charge is 0.346 e. The van der Waals surface area contributed by atoms with Crippen LogP contribution in [-0.2, 0) is 29.4 Å². The molecule has 0 saturated heterocycles. The Labute approximate surface area is 200 Å². The van der Waals surface area contributed by atoms with Crippen LogP contribution in [0.25, 0.3) is 0 Å². The number of aryl methyl sites for hydroxylation is 2. The molecule has 5 nitrogen and oxygen atoms in total. The summed E-state index contributed by atoms with van der Waals surface area (Å²) in [5.74, 6) is -0.163. The Bertz CT molecular complexity index is 1270. The minimum atomic E-state index is -3.51. The highest BCUT2D eigenvalue weighted by Crippen LogP contribution is 2.26. The second-order valence-electron chi connectivity index (χ2n) is 8.52. The summed E-state index contributed by atoms with van der Waals surface area (Å²) in [7, 11) is -3.51. The molecule has 0 radical (unpaired) electrons. The number of sulfonamides is 1. The van der Waals surface area contributed by atoms with Crippen molar-refractivity contribution in [3.63, 3.8) is 0 Å². The van der Waals surface area contributed by atoms with Crippen LogP contribution in [-0.4, -0.2) is 20.6 Å². The highest BCUT2D eigenvalue weighted by atomic mass is 35.5. The van der Waals surface area contributed by atoms with Crippen molar-refractivity contribution in [3.8, 4) is 0 Å². The van der Waals surface area contributed by atoms with E-state index in [2.05, 4.69) is 23.5 Å². The predicted molar refractivity (Wildman–Crippen MR) is 133 cm³/mol. The topological polar surface area (TPSA) is 66.5 Å². The first-order chi connectivity index (χ1) is 15.7. The molecule has 0 heterocycles. The van der Waals surface area contributed by atoms with Crippen molar-refractivity contribution in [3.05, 3.63) is 99.6 Å². The first-order valence-electron chi connectivity index (χ1n) is 11.0. The zero-order chi connectivity index (χ0) is 23.6. The van der Waals surface area contributed by atoms with Crippen LogP contribution in [0.4, 0.5) is 5.69 Å². The molecule has 1 aliphatic rings. The van der Waals surface area contributed by atoms with E-state index in [0.717, 1.165) is 30.2 Å². The molecule has 0 aromatic heterocycles. The highest BCUT2D eigenvalue weighted by molar-refractivity contribution is 7.92. The number of nitrogens with zero attached hydrogens (tertiary/aromatic N) is 1. The summed E-state index contributed by atoms with van der Waals surface area (Å²) in [5.41, 5.74) is 5.69. The van der Waals surface area contributed by atoms with Gasteiger partial charge in [0.1, 0.15) is 0 Å². The van der Waals surface area contributed by atoms with Gasteiger partial charge in [-0.05, 0) is 78.8 Å². The first-order valence-corrected chi connectivity index (χ1v) is 13.2. The number of carbonyl (C=O) groups excluding carboxylic acids is 1. The fraction of sp³-hybridized carbons (Fsp3) is 0.269. The zero-order valence-electron chi connectivity index (χ0n) is 18.7. The van der Waals surface area contributed by atoms with E-state index in [9.17, 15) is 13.2 Å². The molecule has 0 spiro atoms. The summed E-state index contributed by atoms with van der Waals surface area (Å²) in [5, 5.41) is 3.52. The van der Waals surface area contributed by atoms with E-state index in [1.54, 1.807) is 48.5 Å². The van der Waals surface area contributed by atoms with Gasteiger partial charge in [0.15, 0.2) is 0 Å². The molecule has 3 aromatic carbocycles. The molecule has 4 rings (SSSR count). The Hall–Kier alpha value is -2.83. The van der Waals surface area contributed by atoms with Crippen LogP contribution in [0.2, 0.25) is 5.02 Å². The van der Waals surface area contributed by atoms with E-state index in [1.165, 1.54) is 21.9 Å². The molecule has 0 bridgehead atoms. The molecule has 1 atom stereocenters. The number of carbonyl (C=O) groups is 1. The molecular weight excluding hydrogens is 456 g/mol. The lowest BCUT2D eigenvalue weighted by atomic mass is 10.0. The van der Waals surface area contributed by atoms with Gasteiger partial charge in [-0.3, -0.25) is 9.10 Å². The normalized spacial score (nSPS) is 13.9. The van der Waals surface area contributed by atoms with Gasteiger partial charge in [-0.25, -0.2) is 8.42 Å². The summed E-state index contributed by atoms with van der Waals surface area (Å²) >= 11 is 6.05. The fourth-order valence-corrected chi connectivity index (χ4v) is 5.25. The molecule has 1 amide bonds. The van der Waals surface area contributed by atoms with Crippen LogP contribution in [0, 0.1) is 0 Å². The molecule has 172 valence electrons. The monoisotopic (exact) mass is 482 g/mol. The van der Waals surface area contributed by atoms with Crippen LogP contribution in [0.1, 0.15) is 52.0 Å². The van der Waals surface area contributed by atoms with Crippen molar-refractivity contribution in [1.29, 1.82) is 0 Å². The zero-order valence-corrected chi connectivity index (χ0v) is 20.3. The number of hydrogen-bond acceptors (Lipinski definition) is 3. The van der Waals surface area contributed by atoms with Crippen molar-refractivity contribution < 1.29 is 13.2 Å². The van der Waals surface area contributed by atoms with Crippen LogP contribution in [0.5, 0.6) is 0 Å². The van der Waals surface area contributed by atoms with Gasteiger partial charge >= 0.3 is 0 Å². The number of rotatable bonds is 7. The van der Waals surface area contributed by atoms with Gasteiger partial charge < -0.3 is 5.32 Å². The second kappa shape index (κ2) is 9.57. The van der Waals surface area contributed by atoms with Crippen molar-refractivity contribution in [2.75, 3.05) is 10.6 Å². The molecule has 1 aliphatic carbocycles. The van der Waals surface area contributed by atoms with E-state index < -0.39 is 10.0 Å². The molecular formula is C26H27ClN2O3S. The van der Waals surface area contributed by atoms with E-state index >= 15 is 0 Å². The molecule has 7 heteroatoms. The number of nitrogens with one attached hydrogen (secondary N) is 1. The van der Waals surface area contributed by atoms with Crippen LogP contribution in [0.15, 0.2) is 66.7 Å². The van der Waals surface area contributed by atoms with E-state index in [0.29, 0.717) is 16.3 Å². The van der Waals surface area contributed by atoms with Crippen molar-refractivity contribution in [2.24, 2.45) is 0 Å². The third kappa shape index (κ3) is 5.57. The lowest BCUT2D eigenvalue weighted by Crippen LogP contribution is -2.29. The van der Waals surface area contributed by atoms with Crippen molar-refractivity contribution >= 4 is 33.2 Å². The Morgan fingerprint density at radius 1 is 1.03 bits per heavy atom. The maximum atomic E-state index is 12.8. The number of benzene rings is 3. The van der Waals surface area contributed by atoms with Gasteiger partial charge in [0, 0.05) is 10.6 Å². The number of amides is 1. The van der Waals surface area contributed by atoms with Gasteiger partial charge in [-0.2, -0.15) is 0 Å². The smallest absolute Gasteiger partial charge is 0.251 e. The lowest BCUT2D eigenvalue weighted by molar-refractivity contribution is 0.0940. The number of fused-ring (bicyclic) bond motifs is 1. The maximum absolute atomic E-state index is 12.8. The molecule has 0 unspecified atom stereocenters. The van der Waals surface area contributed by atoms with Crippen LogP contribution < -0.4 is 9.62 Å². The Morgan fingerprint density at radius 3 is 2.45 bits per heavy atom. The molecule has 3 aromatic rings. The molecule has 33 heavy (non-hydrogen) atoms. The summed E-state index contributed by atoms with van der Waals surface area (Å²) < 4.78 is 26.0. The third-order valence-corrected chi connectivity index (χ3v) is 7.38. The average molecular weight is 483 g/mol. The van der Waals surface area contributed by atoms with Gasteiger partial charge in [-0.15, -0.1) is 0 Å². The first kappa shape index (κ1) is 23.3. The molecule has 1 N–H and O–H groups in total. The van der Waals surface area contributed by atoms with E-state index in [1.807, 2.05) is 6.92 Å². The molecule has 0 fully saturated rings. The highest BCUT2D eigenvalue weighted by Gasteiger charge is 2.19. The maximum Gasteiger partial charge on any atom is 0.251 e. The SMILES string of the molecule is C[C@H](NC(=O)c1ccc(CN(c2cccc(Cl)c2)S(C)(=O)=O)cc1)c1ccc2c(c1)CCC2. The van der Waals surface area contributed by atoms with Gasteiger partial charge in [0.2, 0.25) is 10.0 Å². The molecule has 0 aliphatic heterocycles. The Balaban J connectivity index is 1.45. The van der Waals surface area contributed by atoms with Crippen LogP contribution >= 0.6 is 11.6 Å². The minimum absolute atomic E-state index is 0.105. The predicted octanol–water partition coefficient (Wildman–Crippen LogP) is 5.29. The van der Waals surface area contributed by atoms with E-state index in [4.69, 9.17) is 11.6 Å². The average Bonchev–Trinajstić information content (AvgIpc) is 3.25. The Morgan fingerprint density at radius 2 is 1.76 bits per heavy atom. The summed E-state index contributed by atoms with van der Waals surface area (Å²) in [4.78, 5) is 12.8. The van der Waals surface area contributed by atoms with Crippen molar-refractivity contribution in [1.82, 2.24) is 5.32 Å². The molecule has 0 saturated carbocycles. The second-order valence-corrected chi connectivity index (χ2v) is 10.9. The number of hydrogen-bond donors (Lipinski definition) is 1. The quantitative estimate of drug-likeness (QED) is 0.497. The summed E-state index contributed by atoms with van der Waals surface area (Å²) in [6.07, 6.45) is 4.60. The lowest BCUT2D eigenvalue weighted by Gasteiger charge is -2.23. The Kier molecular flexibility index (Phi) is 6.77. The third-order valence-electron chi connectivity index (χ3n) is 6.01.